The van der Waals surface area contributed by atoms with Crippen LogP contribution >= 0.6 is 22.6 Å². The molecule has 0 radical (unpaired) electrons. The zero-order chi connectivity index (χ0) is 10.1. The molecule has 0 aromatic heterocycles. The van der Waals surface area contributed by atoms with Crippen molar-refractivity contribution in [2.75, 3.05) is 6.61 Å². The molecule has 1 atom stereocenters. The summed E-state index contributed by atoms with van der Waals surface area (Å²) in [6, 6.07) is 5.76. The van der Waals surface area contributed by atoms with Crippen molar-refractivity contribution in [1.82, 2.24) is 0 Å². The first-order valence-corrected chi connectivity index (χ1v) is 5.42. The second kappa shape index (κ2) is 3.75. The summed E-state index contributed by atoms with van der Waals surface area (Å²) in [6.45, 7) is 0.663. The van der Waals surface area contributed by atoms with Crippen LogP contribution in [0.25, 0.3) is 0 Å². The number of nitrogens with zero attached hydrogens (tertiary/aromatic N) is 1. The van der Waals surface area contributed by atoms with Gasteiger partial charge in [-0.15, -0.1) is 0 Å². The lowest BCUT2D eigenvalue weighted by Gasteiger charge is -2.24. The third-order valence-corrected chi connectivity index (χ3v) is 3.08. The monoisotopic (exact) mass is 300 g/mol. The third kappa shape index (κ3) is 1.57. The standard InChI is InChI=1S/C10H9IN2O/c11-8-4-6(5-12)3-7-9(13)1-2-14-10(7)8/h3-4,9H,1-2,13H2. The number of hydrogen-bond acceptors (Lipinski definition) is 3. The molecule has 0 bridgehead atoms. The Hall–Kier alpha value is -0.800. The molecule has 2 rings (SSSR count). The fourth-order valence-electron chi connectivity index (χ4n) is 1.55. The number of rotatable bonds is 0. The average molecular weight is 300 g/mol. The van der Waals surface area contributed by atoms with Crippen LogP contribution in [-0.2, 0) is 0 Å². The first kappa shape index (κ1) is 9.74. The maximum absolute atomic E-state index is 8.81. The molecule has 0 aliphatic carbocycles. The van der Waals surface area contributed by atoms with E-state index in [1.807, 2.05) is 12.1 Å². The topological polar surface area (TPSA) is 59.0 Å². The van der Waals surface area contributed by atoms with Gasteiger partial charge in [0.05, 0.1) is 21.8 Å². The maximum atomic E-state index is 8.81. The van der Waals surface area contributed by atoms with Gasteiger partial charge in [0.15, 0.2) is 0 Å². The molecule has 1 aromatic rings. The molecule has 14 heavy (non-hydrogen) atoms. The molecule has 2 N–H and O–H groups in total. The van der Waals surface area contributed by atoms with Crippen molar-refractivity contribution in [1.29, 1.82) is 5.26 Å². The Balaban J connectivity index is 2.58. The van der Waals surface area contributed by atoms with Gasteiger partial charge in [-0.05, 0) is 34.7 Å². The van der Waals surface area contributed by atoms with E-state index in [1.165, 1.54) is 0 Å². The molecule has 0 amide bonds. The molecule has 0 saturated heterocycles. The highest BCUT2D eigenvalue weighted by molar-refractivity contribution is 14.1. The highest BCUT2D eigenvalue weighted by Crippen LogP contribution is 2.35. The predicted octanol–water partition coefficient (Wildman–Crippen LogP) is 1.95. The zero-order valence-corrected chi connectivity index (χ0v) is 9.61. The van der Waals surface area contributed by atoms with Crippen molar-refractivity contribution in [2.45, 2.75) is 12.5 Å². The summed E-state index contributed by atoms with van der Waals surface area (Å²) >= 11 is 2.17. The lowest BCUT2D eigenvalue weighted by molar-refractivity contribution is 0.267. The molecule has 1 aromatic carbocycles. The number of nitriles is 1. The Morgan fingerprint density at radius 1 is 1.57 bits per heavy atom. The van der Waals surface area contributed by atoms with Gasteiger partial charge in [0, 0.05) is 18.0 Å². The smallest absolute Gasteiger partial charge is 0.137 e. The van der Waals surface area contributed by atoms with E-state index in [0.717, 1.165) is 21.3 Å². The largest absolute Gasteiger partial charge is 0.492 e. The van der Waals surface area contributed by atoms with Gasteiger partial charge >= 0.3 is 0 Å². The molecule has 1 unspecified atom stereocenters. The molecule has 0 fully saturated rings. The lowest BCUT2D eigenvalue weighted by atomic mass is 9.99. The first-order valence-electron chi connectivity index (χ1n) is 4.34. The van der Waals surface area contributed by atoms with Gasteiger partial charge in [-0.2, -0.15) is 5.26 Å². The van der Waals surface area contributed by atoms with Crippen LogP contribution in [0.4, 0.5) is 0 Å². The molecular weight excluding hydrogens is 291 g/mol. The van der Waals surface area contributed by atoms with E-state index >= 15 is 0 Å². The van der Waals surface area contributed by atoms with Crippen molar-refractivity contribution in [3.63, 3.8) is 0 Å². The Morgan fingerprint density at radius 3 is 3.07 bits per heavy atom. The Bertz CT molecular complexity index is 411. The second-order valence-electron chi connectivity index (χ2n) is 3.23. The Kier molecular flexibility index (Phi) is 2.61. The predicted molar refractivity (Wildman–Crippen MR) is 60.9 cm³/mol. The van der Waals surface area contributed by atoms with Gasteiger partial charge in [-0.3, -0.25) is 0 Å². The lowest BCUT2D eigenvalue weighted by Crippen LogP contribution is -2.21. The van der Waals surface area contributed by atoms with Gasteiger partial charge in [0.2, 0.25) is 0 Å². The number of halogens is 1. The van der Waals surface area contributed by atoms with Gasteiger partial charge in [-0.1, -0.05) is 0 Å². The molecule has 0 spiro atoms. The summed E-state index contributed by atoms with van der Waals surface area (Å²) in [5.74, 6) is 0.850. The number of benzene rings is 1. The molecule has 0 saturated carbocycles. The summed E-state index contributed by atoms with van der Waals surface area (Å²) in [7, 11) is 0. The first-order chi connectivity index (χ1) is 6.72. The van der Waals surface area contributed by atoms with E-state index in [4.69, 9.17) is 15.7 Å². The van der Waals surface area contributed by atoms with Crippen molar-refractivity contribution in [2.24, 2.45) is 5.73 Å². The molecule has 1 aliphatic heterocycles. The van der Waals surface area contributed by atoms with E-state index in [2.05, 4.69) is 28.7 Å². The fourth-order valence-corrected chi connectivity index (χ4v) is 2.35. The quantitative estimate of drug-likeness (QED) is 0.745. The molecule has 3 nitrogen and oxygen atoms in total. The number of ether oxygens (including phenoxy) is 1. The van der Waals surface area contributed by atoms with Crippen molar-refractivity contribution in [3.8, 4) is 11.8 Å². The number of nitrogens with two attached hydrogens (primary N) is 1. The van der Waals surface area contributed by atoms with E-state index in [1.54, 1.807) is 0 Å². The Morgan fingerprint density at radius 2 is 2.36 bits per heavy atom. The minimum Gasteiger partial charge on any atom is -0.492 e. The summed E-state index contributed by atoms with van der Waals surface area (Å²) < 4.78 is 6.49. The summed E-state index contributed by atoms with van der Waals surface area (Å²) in [4.78, 5) is 0. The van der Waals surface area contributed by atoms with Crippen LogP contribution in [0.5, 0.6) is 5.75 Å². The molecule has 1 aliphatic rings. The number of fused-ring (bicyclic) bond motifs is 1. The molecule has 4 heteroatoms. The van der Waals surface area contributed by atoms with Gasteiger partial charge < -0.3 is 10.5 Å². The SMILES string of the molecule is N#Cc1cc(I)c2c(c1)C(N)CCO2. The van der Waals surface area contributed by atoms with Crippen molar-refractivity contribution >= 4 is 22.6 Å². The average Bonchev–Trinajstić information content (AvgIpc) is 2.19. The highest BCUT2D eigenvalue weighted by atomic mass is 127. The summed E-state index contributed by atoms with van der Waals surface area (Å²) in [5, 5.41) is 8.81. The van der Waals surface area contributed by atoms with Gasteiger partial charge in [-0.25, -0.2) is 0 Å². The van der Waals surface area contributed by atoms with Crippen LogP contribution in [0.15, 0.2) is 12.1 Å². The second-order valence-corrected chi connectivity index (χ2v) is 4.39. The van der Waals surface area contributed by atoms with E-state index < -0.39 is 0 Å². The normalized spacial score (nSPS) is 19.4. The van der Waals surface area contributed by atoms with E-state index in [9.17, 15) is 0 Å². The summed E-state index contributed by atoms with van der Waals surface area (Å²) in [6.07, 6.45) is 0.817. The van der Waals surface area contributed by atoms with Crippen molar-refractivity contribution in [3.05, 3.63) is 26.8 Å². The minimum absolute atomic E-state index is 0.000524. The minimum atomic E-state index is 0.000524. The van der Waals surface area contributed by atoms with Crippen LogP contribution in [0, 0.1) is 14.9 Å². The summed E-state index contributed by atoms with van der Waals surface area (Å²) in [5.41, 5.74) is 7.55. The van der Waals surface area contributed by atoms with Crippen LogP contribution in [-0.4, -0.2) is 6.61 Å². The number of hydrogen-bond donors (Lipinski definition) is 1. The highest BCUT2D eigenvalue weighted by Gasteiger charge is 2.21. The fraction of sp³-hybridized carbons (Fsp3) is 0.300. The van der Waals surface area contributed by atoms with Crippen LogP contribution in [0.3, 0.4) is 0 Å². The Labute approximate surface area is 96.0 Å². The van der Waals surface area contributed by atoms with Crippen molar-refractivity contribution < 1.29 is 4.74 Å². The zero-order valence-electron chi connectivity index (χ0n) is 7.46. The maximum Gasteiger partial charge on any atom is 0.137 e. The van der Waals surface area contributed by atoms with E-state index in [-0.39, 0.29) is 6.04 Å². The third-order valence-electron chi connectivity index (χ3n) is 2.28. The molecule has 1 heterocycles. The van der Waals surface area contributed by atoms with Gasteiger partial charge in [0.25, 0.3) is 0 Å². The van der Waals surface area contributed by atoms with Crippen LogP contribution < -0.4 is 10.5 Å². The molecular formula is C10H9IN2O. The van der Waals surface area contributed by atoms with Crippen LogP contribution in [0.2, 0.25) is 0 Å². The van der Waals surface area contributed by atoms with Gasteiger partial charge in [0.1, 0.15) is 5.75 Å². The molecule has 72 valence electrons. The van der Waals surface area contributed by atoms with Crippen LogP contribution in [0.1, 0.15) is 23.6 Å². The van der Waals surface area contributed by atoms with E-state index in [0.29, 0.717) is 12.2 Å².